The quantitative estimate of drug-likeness (QED) is 0.326. The number of carbonyl (C=O) groups excluding carboxylic acids is 2. The predicted octanol–water partition coefficient (Wildman–Crippen LogP) is 4.11. The van der Waals surface area contributed by atoms with Crippen molar-refractivity contribution in [2.24, 2.45) is 0 Å². The second-order valence-corrected chi connectivity index (χ2v) is 11.6. The molecule has 3 aromatic rings. The van der Waals surface area contributed by atoms with Gasteiger partial charge in [-0.3, -0.25) is 13.9 Å². The van der Waals surface area contributed by atoms with Crippen LogP contribution in [0.25, 0.3) is 0 Å². The van der Waals surface area contributed by atoms with Crippen molar-refractivity contribution >= 4 is 27.5 Å². The maximum absolute atomic E-state index is 14.2. The van der Waals surface area contributed by atoms with E-state index in [1.165, 1.54) is 44.4 Å². The van der Waals surface area contributed by atoms with Crippen molar-refractivity contribution in [2.75, 3.05) is 38.7 Å². The predicted molar refractivity (Wildman–Crippen MR) is 160 cm³/mol. The first-order chi connectivity index (χ1) is 19.5. The lowest BCUT2D eigenvalue weighted by Crippen LogP contribution is -2.52. The first-order valence-corrected chi connectivity index (χ1v) is 14.9. The minimum absolute atomic E-state index is 0.0590. The molecule has 0 aromatic heterocycles. The third-order valence-electron chi connectivity index (χ3n) is 6.83. The van der Waals surface area contributed by atoms with Gasteiger partial charge in [0.2, 0.25) is 11.8 Å². The molecular formula is C31H39N3O6S. The summed E-state index contributed by atoms with van der Waals surface area (Å²) in [6, 6.07) is 18.6. The zero-order valence-corrected chi connectivity index (χ0v) is 25.3. The van der Waals surface area contributed by atoms with Crippen LogP contribution in [0, 0.1) is 13.8 Å². The zero-order chi connectivity index (χ0) is 30.2. The molecule has 0 aliphatic heterocycles. The van der Waals surface area contributed by atoms with E-state index in [-0.39, 0.29) is 23.1 Å². The Balaban J connectivity index is 2.08. The maximum atomic E-state index is 14.2. The van der Waals surface area contributed by atoms with E-state index in [0.29, 0.717) is 24.3 Å². The van der Waals surface area contributed by atoms with Crippen LogP contribution >= 0.6 is 0 Å². The summed E-state index contributed by atoms with van der Waals surface area (Å²) in [6.45, 7) is 5.30. The van der Waals surface area contributed by atoms with Crippen LogP contribution < -0.4 is 19.1 Å². The molecule has 3 rings (SSSR count). The normalized spacial score (nSPS) is 11.9. The maximum Gasteiger partial charge on any atom is 0.264 e. The number of ether oxygens (including phenoxy) is 2. The molecule has 3 aromatic carbocycles. The summed E-state index contributed by atoms with van der Waals surface area (Å²) >= 11 is 0. The van der Waals surface area contributed by atoms with Crippen LogP contribution in [0.15, 0.2) is 71.6 Å². The lowest BCUT2D eigenvalue weighted by Gasteiger charge is -2.33. The summed E-state index contributed by atoms with van der Waals surface area (Å²) in [6.07, 6.45) is 0.873. The van der Waals surface area contributed by atoms with E-state index in [1.54, 1.807) is 12.1 Å². The summed E-state index contributed by atoms with van der Waals surface area (Å²) < 4.78 is 40.1. The molecule has 0 radical (unpaired) electrons. The smallest absolute Gasteiger partial charge is 0.264 e. The highest BCUT2D eigenvalue weighted by Crippen LogP contribution is 2.33. The number of amides is 2. The Kier molecular flexibility index (Phi) is 10.8. The first-order valence-electron chi connectivity index (χ1n) is 13.4. The molecule has 0 unspecified atom stereocenters. The lowest BCUT2D eigenvalue weighted by atomic mass is 10.1. The van der Waals surface area contributed by atoms with Gasteiger partial charge in [-0.1, -0.05) is 43.3 Å². The van der Waals surface area contributed by atoms with Gasteiger partial charge >= 0.3 is 0 Å². The molecule has 0 saturated heterocycles. The summed E-state index contributed by atoms with van der Waals surface area (Å²) in [7, 11) is 0.162. The third kappa shape index (κ3) is 7.58. The molecule has 0 fully saturated rings. The Morgan fingerprint density at radius 2 is 1.54 bits per heavy atom. The summed E-state index contributed by atoms with van der Waals surface area (Å²) in [5.41, 5.74) is 3.04. The van der Waals surface area contributed by atoms with Crippen LogP contribution in [0.5, 0.6) is 11.5 Å². The summed E-state index contributed by atoms with van der Waals surface area (Å²) in [5, 5.41) is 2.64. The van der Waals surface area contributed by atoms with Gasteiger partial charge in [-0.25, -0.2) is 8.42 Å². The molecule has 0 saturated carbocycles. The molecule has 2 amide bonds. The van der Waals surface area contributed by atoms with Crippen LogP contribution in [0.2, 0.25) is 0 Å². The second kappa shape index (κ2) is 14.0. The molecular weight excluding hydrogens is 542 g/mol. The second-order valence-electron chi connectivity index (χ2n) is 9.74. The molecule has 0 aliphatic rings. The Morgan fingerprint density at radius 3 is 2.10 bits per heavy atom. The minimum Gasteiger partial charge on any atom is -0.493 e. The molecule has 9 nitrogen and oxygen atoms in total. The van der Waals surface area contributed by atoms with E-state index in [1.807, 2.05) is 57.2 Å². The number of carbonyl (C=O) groups is 2. The van der Waals surface area contributed by atoms with E-state index in [4.69, 9.17) is 9.47 Å². The van der Waals surface area contributed by atoms with Crippen molar-refractivity contribution in [1.82, 2.24) is 10.2 Å². The Hall–Kier alpha value is -4.05. The van der Waals surface area contributed by atoms with Gasteiger partial charge in [0.05, 0.1) is 24.8 Å². The number of aryl methyl sites for hydroxylation is 2. The molecule has 1 atom stereocenters. The number of rotatable bonds is 13. The van der Waals surface area contributed by atoms with Crippen LogP contribution in [0.1, 0.15) is 30.0 Å². The number of sulfonamides is 1. The number of anilines is 1. The van der Waals surface area contributed by atoms with Gasteiger partial charge in [-0.15, -0.1) is 0 Å². The molecule has 0 spiro atoms. The summed E-state index contributed by atoms with van der Waals surface area (Å²) in [5.74, 6) is -0.173. The van der Waals surface area contributed by atoms with Crippen molar-refractivity contribution in [3.05, 3.63) is 83.4 Å². The highest BCUT2D eigenvalue weighted by molar-refractivity contribution is 7.92. The fraction of sp³-hybridized carbons (Fsp3) is 0.355. The molecule has 0 heterocycles. The van der Waals surface area contributed by atoms with Gasteiger partial charge in [-0.2, -0.15) is 0 Å². The number of methoxy groups -OCH3 is 2. The molecule has 0 aliphatic carbocycles. The largest absolute Gasteiger partial charge is 0.493 e. The van der Waals surface area contributed by atoms with Crippen molar-refractivity contribution in [3.63, 3.8) is 0 Å². The van der Waals surface area contributed by atoms with Crippen molar-refractivity contribution in [2.45, 2.75) is 44.6 Å². The number of benzene rings is 3. The van der Waals surface area contributed by atoms with E-state index < -0.39 is 28.5 Å². The third-order valence-corrected chi connectivity index (χ3v) is 8.60. The first kappa shape index (κ1) is 31.5. The topological polar surface area (TPSA) is 105 Å². The standard InChI is InChI=1S/C31H39N3O6S/c1-7-27(31(36)32-4)33(16-15-24-11-9-8-10-12-24)30(35)21-34(25-18-22(2)17-23(3)19-25)41(37,38)26-13-14-28(39-5)29(20-26)40-6/h8-14,17-20,27H,7,15-16,21H2,1-6H3,(H,32,36)/t27-/m0/s1. The van der Waals surface area contributed by atoms with Crippen molar-refractivity contribution in [3.8, 4) is 11.5 Å². The zero-order valence-electron chi connectivity index (χ0n) is 24.5. The monoisotopic (exact) mass is 581 g/mol. The van der Waals surface area contributed by atoms with Crippen LogP contribution in [-0.4, -0.2) is 65.5 Å². The molecule has 41 heavy (non-hydrogen) atoms. The van der Waals surface area contributed by atoms with Crippen LogP contribution in [0.3, 0.4) is 0 Å². The Labute approximate surface area is 243 Å². The fourth-order valence-corrected chi connectivity index (χ4v) is 6.20. The molecule has 10 heteroatoms. The van der Waals surface area contributed by atoms with Crippen LogP contribution in [-0.2, 0) is 26.0 Å². The SMILES string of the molecule is CC[C@@H](C(=O)NC)N(CCc1ccccc1)C(=O)CN(c1cc(C)cc(C)c1)S(=O)(=O)c1ccc(OC)c(OC)c1. The van der Waals surface area contributed by atoms with E-state index >= 15 is 0 Å². The number of nitrogens with zero attached hydrogens (tertiary/aromatic N) is 2. The average Bonchev–Trinajstić information content (AvgIpc) is 2.96. The minimum atomic E-state index is -4.25. The highest BCUT2D eigenvalue weighted by Gasteiger charge is 2.33. The summed E-state index contributed by atoms with van der Waals surface area (Å²) in [4.78, 5) is 28.3. The van der Waals surface area contributed by atoms with Gasteiger partial charge < -0.3 is 19.7 Å². The lowest BCUT2D eigenvalue weighted by molar-refractivity contribution is -0.139. The average molecular weight is 582 g/mol. The van der Waals surface area contributed by atoms with Crippen LogP contribution in [0.4, 0.5) is 5.69 Å². The van der Waals surface area contributed by atoms with Gasteiger partial charge in [0, 0.05) is 19.7 Å². The highest BCUT2D eigenvalue weighted by atomic mass is 32.2. The molecule has 220 valence electrons. The Bertz CT molecular complexity index is 1440. The number of nitrogens with one attached hydrogen (secondary N) is 1. The van der Waals surface area contributed by atoms with Gasteiger partial charge in [0.25, 0.3) is 10.0 Å². The van der Waals surface area contributed by atoms with E-state index in [0.717, 1.165) is 21.0 Å². The van der Waals surface area contributed by atoms with Gasteiger partial charge in [-0.05, 0) is 67.6 Å². The van der Waals surface area contributed by atoms with Crippen molar-refractivity contribution in [1.29, 1.82) is 0 Å². The molecule has 0 bridgehead atoms. The van der Waals surface area contributed by atoms with Crippen molar-refractivity contribution < 1.29 is 27.5 Å². The Morgan fingerprint density at radius 1 is 0.902 bits per heavy atom. The molecule has 1 N–H and O–H groups in total. The number of hydrogen-bond acceptors (Lipinski definition) is 6. The van der Waals surface area contributed by atoms with Gasteiger partial charge in [0.15, 0.2) is 11.5 Å². The van der Waals surface area contributed by atoms with Gasteiger partial charge in [0.1, 0.15) is 12.6 Å². The van der Waals surface area contributed by atoms with E-state index in [9.17, 15) is 18.0 Å². The fourth-order valence-electron chi connectivity index (χ4n) is 4.79. The number of likely N-dealkylation sites (N-methyl/N-ethyl adjacent to an activating group) is 1. The number of hydrogen-bond donors (Lipinski definition) is 1. The van der Waals surface area contributed by atoms with E-state index in [2.05, 4.69) is 5.32 Å².